The first-order chi connectivity index (χ1) is 8.13. The van der Waals surface area contributed by atoms with Crippen LogP contribution in [0, 0.1) is 0 Å². The minimum Gasteiger partial charge on any atom is -0.379 e. The summed E-state index contributed by atoms with van der Waals surface area (Å²) in [6.07, 6.45) is 3.02. The highest BCUT2D eigenvalue weighted by Gasteiger charge is 2.17. The summed E-state index contributed by atoms with van der Waals surface area (Å²) in [5, 5.41) is 4.35. The molecule has 0 amide bonds. The van der Waals surface area contributed by atoms with Crippen LogP contribution in [0.2, 0.25) is 5.02 Å². The summed E-state index contributed by atoms with van der Waals surface area (Å²) < 4.78 is 6.50. The molecular weight excluding hydrogens is 377 g/mol. The van der Waals surface area contributed by atoms with Gasteiger partial charge < -0.3 is 3.83 Å². The lowest BCUT2D eigenvalue weighted by Gasteiger charge is -2.06. The molecule has 88 valence electrons. The second-order valence-electron chi connectivity index (χ2n) is 2.95. The van der Waals surface area contributed by atoms with Gasteiger partial charge in [0.25, 0.3) is 0 Å². The lowest BCUT2D eigenvalue weighted by Crippen LogP contribution is -2.10. The van der Waals surface area contributed by atoms with Crippen molar-refractivity contribution >= 4 is 49.8 Å². The standard InChI is InChI=1S/C9H4Br2ClN3O2/c10-5-3-6(12)8(13-4-5)15-7(1-2-14-15)9(16)17-11/h1-4H. The molecule has 0 aliphatic rings. The van der Waals surface area contributed by atoms with Crippen LogP contribution in [0.1, 0.15) is 10.5 Å². The average Bonchev–Trinajstić information content (AvgIpc) is 2.77. The van der Waals surface area contributed by atoms with E-state index in [0.29, 0.717) is 10.8 Å². The van der Waals surface area contributed by atoms with Gasteiger partial charge in [-0.2, -0.15) is 5.10 Å². The second kappa shape index (κ2) is 5.16. The van der Waals surface area contributed by atoms with Gasteiger partial charge in [0.1, 0.15) is 0 Å². The summed E-state index contributed by atoms with van der Waals surface area (Å²) >= 11 is 11.9. The normalized spacial score (nSPS) is 10.3. The maximum atomic E-state index is 11.4. The Labute approximate surface area is 118 Å². The lowest BCUT2D eigenvalue weighted by molar-refractivity contribution is 0.0772. The van der Waals surface area contributed by atoms with Crippen molar-refractivity contribution in [3.8, 4) is 5.82 Å². The summed E-state index contributed by atoms with van der Waals surface area (Å²) in [6.45, 7) is 0. The van der Waals surface area contributed by atoms with Gasteiger partial charge in [0.15, 0.2) is 27.8 Å². The summed E-state index contributed by atoms with van der Waals surface area (Å²) in [7, 11) is 0. The van der Waals surface area contributed by atoms with Gasteiger partial charge in [-0.1, -0.05) is 11.6 Å². The Kier molecular flexibility index (Phi) is 3.80. The van der Waals surface area contributed by atoms with E-state index in [1.54, 1.807) is 12.3 Å². The zero-order valence-electron chi connectivity index (χ0n) is 8.10. The first-order valence-corrected chi connectivity index (χ1v) is 6.13. The molecular formula is C9H4Br2ClN3O2. The fraction of sp³-hybridized carbons (Fsp3) is 0. The average molecular weight is 381 g/mol. The number of carbonyl (C=O) groups is 1. The van der Waals surface area contributed by atoms with Crippen molar-refractivity contribution in [3.63, 3.8) is 0 Å². The molecule has 0 saturated heterocycles. The molecule has 0 unspecified atom stereocenters. The SMILES string of the molecule is O=C(OBr)c1ccnn1-c1ncc(Br)cc1Cl. The van der Waals surface area contributed by atoms with Crippen molar-refractivity contribution in [2.24, 2.45) is 0 Å². The molecule has 8 heteroatoms. The molecule has 2 rings (SSSR count). The van der Waals surface area contributed by atoms with E-state index in [0.717, 1.165) is 4.47 Å². The van der Waals surface area contributed by atoms with Crippen molar-refractivity contribution in [2.45, 2.75) is 0 Å². The number of rotatable bonds is 2. The third-order valence-corrected chi connectivity index (χ3v) is 2.92. The van der Waals surface area contributed by atoms with Crippen molar-refractivity contribution in [2.75, 3.05) is 0 Å². The molecule has 2 aromatic rings. The Balaban J connectivity index is 2.53. The van der Waals surface area contributed by atoms with Gasteiger partial charge in [-0.3, -0.25) is 0 Å². The van der Waals surface area contributed by atoms with Crippen LogP contribution in [-0.2, 0) is 3.83 Å². The number of carbonyl (C=O) groups excluding carboxylic acids is 1. The van der Waals surface area contributed by atoms with Crippen molar-refractivity contribution < 1.29 is 8.62 Å². The van der Waals surface area contributed by atoms with E-state index in [-0.39, 0.29) is 5.69 Å². The van der Waals surface area contributed by atoms with Gasteiger partial charge in [0, 0.05) is 10.7 Å². The number of halogens is 3. The van der Waals surface area contributed by atoms with Gasteiger partial charge in [0.05, 0.1) is 11.2 Å². The Hall–Kier alpha value is -0.920. The minimum atomic E-state index is -0.580. The highest BCUT2D eigenvalue weighted by Crippen LogP contribution is 2.23. The van der Waals surface area contributed by atoms with Crippen LogP contribution in [0.3, 0.4) is 0 Å². The number of aromatic nitrogens is 3. The van der Waals surface area contributed by atoms with Crippen LogP contribution >= 0.6 is 43.8 Å². The quantitative estimate of drug-likeness (QED) is 0.802. The molecule has 0 aromatic carbocycles. The van der Waals surface area contributed by atoms with E-state index in [9.17, 15) is 4.79 Å². The minimum absolute atomic E-state index is 0.221. The molecule has 0 bridgehead atoms. The molecule has 0 fully saturated rings. The molecule has 0 aliphatic carbocycles. The van der Waals surface area contributed by atoms with Gasteiger partial charge in [0.2, 0.25) is 0 Å². The summed E-state index contributed by atoms with van der Waals surface area (Å²) in [6, 6.07) is 3.17. The predicted molar refractivity (Wildman–Crippen MR) is 68.4 cm³/mol. The molecule has 0 saturated carbocycles. The largest absolute Gasteiger partial charge is 0.379 e. The molecule has 0 spiro atoms. The van der Waals surface area contributed by atoms with E-state index in [1.165, 1.54) is 16.9 Å². The molecule has 0 aliphatic heterocycles. The molecule has 17 heavy (non-hydrogen) atoms. The van der Waals surface area contributed by atoms with Gasteiger partial charge in [-0.05, 0) is 28.1 Å². The zero-order valence-corrected chi connectivity index (χ0v) is 12.0. The highest BCUT2D eigenvalue weighted by atomic mass is 79.9. The molecule has 2 aromatic heterocycles. The van der Waals surface area contributed by atoms with E-state index in [4.69, 9.17) is 11.6 Å². The van der Waals surface area contributed by atoms with Crippen LogP contribution in [0.4, 0.5) is 0 Å². The van der Waals surface area contributed by atoms with Crippen LogP contribution in [0.15, 0.2) is 29.0 Å². The second-order valence-corrected chi connectivity index (χ2v) is 4.60. The number of hydrogen-bond acceptors (Lipinski definition) is 4. The zero-order chi connectivity index (χ0) is 12.4. The van der Waals surface area contributed by atoms with Crippen molar-refractivity contribution in [1.29, 1.82) is 0 Å². The fourth-order valence-corrected chi connectivity index (χ4v) is 2.10. The van der Waals surface area contributed by atoms with Gasteiger partial charge >= 0.3 is 5.97 Å². The molecule has 0 radical (unpaired) electrons. The molecule has 2 heterocycles. The summed E-state index contributed by atoms with van der Waals surface area (Å²) in [4.78, 5) is 15.5. The maximum absolute atomic E-state index is 11.4. The number of hydrogen-bond donors (Lipinski definition) is 0. The fourth-order valence-electron chi connectivity index (χ4n) is 1.23. The van der Waals surface area contributed by atoms with E-state index < -0.39 is 5.97 Å². The van der Waals surface area contributed by atoms with Crippen LogP contribution < -0.4 is 0 Å². The van der Waals surface area contributed by atoms with Gasteiger partial charge in [-0.25, -0.2) is 14.5 Å². The third kappa shape index (κ3) is 2.51. The van der Waals surface area contributed by atoms with E-state index in [2.05, 4.69) is 46.1 Å². The van der Waals surface area contributed by atoms with Crippen LogP contribution in [-0.4, -0.2) is 20.7 Å². The van der Waals surface area contributed by atoms with Crippen molar-refractivity contribution in [3.05, 3.63) is 39.7 Å². The monoisotopic (exact) mass is 379 g/mol. The predicted octanol–water partition coefficient (Wildman–Crippen LogP) is 3.15. The topological polar surface area (TPSA) is 57.0 Å². The van der Waals surface area contributed by atoms with E-state index in [1.807, 2.05) is 0 Å². The third-order valence-electron chi connectivity index (χ3n) is 1.91. The Morgan fingerprint density at radius 1 is 1.53 bits per heavy atom. The number of pyridine rings is 1. The van der Waals surface area contributed by atoms with Crippen LogP contribution in [0.5, 0.6) is 0 Å². The Morgan fingerprint density at radius 3 is 2.94 bits per heavy atom. The van der Waals surface area contributed by atoms with Gasteiger partial charge in [-0.15, -0.1) is 0 Å². The molecule has 0 N–H and O–H groups in total. The Morgan fingerprint density at radius 2 is 2.29 bits per heavy atom. The van der Waals surface area contributed by atoms with Crippen LogP contribution in [0.25, 0.3) is 5.82 Å². The summed E-state index contributed by atoms with van der Waals surface area (Å²) in [5.74, 6) is -0.226. The first kappa shape index (κ1) is 12.5. The maximum Gasteiger partial charge on any atom is 0.368 e. The lowest BCUT2D eigenvalue weighted by atomic mass is 10.4. The Bertz CT molecular complexity index is 573. The highest BCUT2D eigenvalue weighted by molar-refractivity contribution is 9.10. The number of nitrogens with zero attached hydrogens (tertiary/aromatic N) is 3. The van der Waals surface area contributed by atoms with E-state index >= 15 is 0 Å². The van der Waals surface area contributed by atoms with Crippen molar-refractivity contribution in [1.82, 2.24) is 14.8 Å². The molecule has 0 atom stereocenters. The summed E-state index contributed by atoms with van der Waals surface area (Å²) in [5.41, 5.74) is 0.221. The molecule has 5 nitrogen and oxygen atoms in total. The smallest absolute Gasteiger partial charge is 0.368 e. The first-order valence-electron chi connectivity index (χ1n) is 4.32.